The van der Waals surface area contributed by atoms with Gasteiger partial charge in [-0.05, 0) is 73.5 Å². The summed E-state index contributed by atoms with van der Waals surface area (Å²) in [4.78, 5) is 17.3. The van der Waals surface area contributed by atoms with Crippen molar-refractivity contribution in [3.05, 3.63) is 83.8 Å². The first-order chi connectivity index (χ1) is 13.5. The van der Waals surface area contributed by atoms with E-state index in [-0.39, 0.29) is 11.8 Å². The first-order valence-corrected chi connectivity index (χ1v) is 8.89. The second-order valence-corrected chi connectivity index (χ2v) is 6.70. The Balaban J connectivity index is 1.70. The maximum atomic E-state index is 13.3. The van der Waals surface area contributed by atoms with E-state index >= 15 is 0 Å². The summed E-state index contributed by atoms with van der Waals surface area (Å²) in [6.07, 6.45) is 1.82. The third-order valence-corrected chi connectivity index (χ3v) is 4.36. The van der Waals surface area contributed by atoms with E-state index in [2.05, 4.69) is 15.6 Å². The van der Waals surface area contributed by atoms with E-state index in [1.165, 1.54) is 12.1 Å². The van der Waals surface area contributed by atoms with Gasteiger partial charge in [-0.3, -0.25) is 9.72 Å². The van der Waals surface area contributed by atoms with Gasteiger partial charge in [0.05, 0.1) is 0 Å². The van der Waals surface area contributed by atoms with E-state index in [0.717, 1.165) is 11.1 Å². The minimum absolute atomic E-state index is 0.324. The number of hydrogen-bond acceptors (Lipinski definition) is 2. The van der Waals surface area contributed by atoms with Gasteiger partial charge in [0, 0.05) is 17.4 Å². The number of carbonyl (C=O) groups excluding carboxylic acids is 1. The molecule has 2 aromatic heterocycles. The highest BCUT2D eigenvalue weighted by molar-refractivity contribution is 6.01. The number of urea groups is 1. The number of nitrogens with one attached hydrogen (secondary N) is 2. The van der Waals surface area contributed by atoms with E-state index in [1.54, 1.807) is 16.5 Å². The Morgan fingerprint density at radius 2 is 1.68 bits per heavy atom. The van der Waals surface area contributed by atoms with E-state index < -0.39 is 0 Å². The zero-order valence-corrected chi connectivity index (χ0v) is 15.5. The molecule has 2 aromatic carbocycles. The number of rotatable bonds is 3. The molecular weight excluding hydrogens is 355 g/mol. The molecule has 4 rings (SSSR count). The number of aryl methyl sites for hydroxylation is 2. The van der Waals surface area contributed by atoms with Crippen LogP contribution in [0.4, 0.5) is 20.7 Å². The summed E-state index contributed by atoms with van der Waals surface area (Å²) < 4.78 is 15.1. The molecule has 0 aliphatic heterocycles. The molecule has 28 heavy (non-hydrogen) atoms. The van der Waals surface area contributed by atoms with Gasteiger partial charge in [-0.1, -0.05) is 12.1 Å². The van der Waals surface area contributed by atoms with Crippen molar-refractivity contribution in [2.24, 2.45) is 0 Å². The number of pyridine rings is 1. The number of fused-ring (bicyclic) bond motifs is 1. The second kappa shape index (κ2) is 7.15. The lowest BCUT2D eigenvalue weighted by Crippen LogP contribution is -2.21. The molecule has 0 spiro atoms. The highest BCUT2D eigenvalue weighted by Crippen LogP contribution is 2.29. The summed E-state index contributed by atoms with van der Waals surface area (Å²) in [6, 6.07) is 17.1. The monoisotopic (exact) mass is 374 g/mol. The zero-order valence-electron chi connectivity index (χ0n) is 15.5. The van der Waals surface area contributed by atoms with Gasteiger partial charge in [-0.15, -0.1) is 0 Å². The summed E-state index contributed by atoms with van der Waals surface area (Å²) in [5, 5.41) is 5.75. The number of nitrogens with zero attached hydrogens (tertiary/aromatic N) is 2. The smallest absolute Gasteiger partial charge is 0.308 e. The predicted molar refractivity (Wildman–Crippen MR) is 109 cm³/mol. The molecule has 0 saturated carbocycles. The van der Waals surface area contributed by atoms with Crippen molar-refractivity contribution in [3.8, 4) is 11.3 Å². The number of imidazole rings is 1. The van der Waals surface area contributed by atoms with Gasteiger partial charge >= 0.3 is 6.03 Å². The maximum absolute atomic E-state index is 13.3. The van der Waals surface area contributed by atoms with Gasteiger partial charge < -0.3 is 5.32 Å². The summed E-state index contributed by atoms with van der Waals surface area (Å²) in [6.45, 7) is 3.96. The van der Waals surface area contributed by atoms with Crippen molar-refractivity contribution in [1.82, 2.24) is 9.38 Å². The van der Waals surface area contributed by atoms with Gasteiger partial charge in [0.15, 0.2) is 0 Å². The van der Waals surface area contributed by atoms with E-state index in [0.29, 0.717) is 28.4 Å². The average molecular weight is 374 g/mol. The zero-order chi connectivity index (χ0) is 19.7. The largest absolute Gasteiger partial charge is 0.324 e. The summed E-state index contributed by atoms with van der Waals surface area (Å²) in [5.74, 6) is 0.193. The highest BCUT2D eigenvalue weighted by Gasteiger charge is 2.16. The van der Waals surface area contributed by atoms with Gasteiger partial charge in [-0.25, -0.2) is 14.2 Å². The van der Waals surface area contributed by atoms with E-state index in [1.807, 2.05) is 56.4 Å². The lowest BCUT2D eigenvalue weighted by Gasteiger charge is -2.10. The molecule has 140 valence electrons. The SMILES string of the molecule is Cc1cc(C)cc(NC(=O)Nc2c(-c3ccc(F)cc3)nc3ccccn23)c1. The Morgan fingerprint density at radius 1 is 0.964 bits per heavy atom. The van der Waals surface area contributed by atoms with E-state index in [9.17, 15) is 9.18 Å². The molecule has 2 heterocycles. The fourth-order valence-corrected chi connectivity index (χ4v) is 3.24. The normalized spacial score (nSPS) is 10.8. The third-order valence-electron chi connectivity index (χ3n) is 4.36. The van der Waals surface area contributed by atoms with Crippen LogP contribution in [0.5, 0.6) is 0 Å². The predicted octanol–water partition coefficient (Wildman–Crippen LogP) is 5.40. The molecule has 5 nitrogen and oxygen atoms in total. The highest BCUT2D eigenvalue weighted by atomic mass is 19.1. The van der Waals surface area contributed by atoms with E-state index in [4.69, 9.17) is 0 Å². The molecule has 0 atom stereocenters. The molecule has 0 aliphatic carbocycles. The first kappa shape index (κ1) is 17.7. The van der Waals surface area contributed by atoms with Crippen LogP contribution < -0.4 is 10.6 Å². The Bertz CT molecular complexity index is 1140. The Labute approximate surface area is 161 Å². The van der Waals surface area contributed by atoms with Gasteiger partial charge in [0.1, 0.15) is 23.0 Å². The maximum Gasteiger partial charge on any atom is 0.324 e. The summed E-state index contributed by atoms with van der Waals surface area (Å²) in [7, 11) is 0. The Morgan fingerprint density at radius 3 is 2.39 bits per heavy atom. The minimum atomic E-state index is -0.376. The molecular formula is C22H19FN4O. The number of carbonyl (C=O) groups is 1. The van der Waals surface area contributed by atoms with Crippen LogP contribution in [0.25, 0.3) is 16.9 Å². The van der Waals surface area contributed by atoms with Crippen LogP contribution in [0.3, 0.4) is 0 Å². The standard InChI is InChI=1S/C22H19FN4O/c1-14-11-15(2)13-18(12-14)24-22(28)26-21-20(16-6-8-17(23)9-7-16)25-19-5-3-4-10-27(19)21/h3-13H,1-2H3,(H2,24,26,28). The third kappa shape index (κ3) is 3.57. The molecule has 0 radical (unpaired) electrons. The Kier molecular flexibility index (Phi) is 4.53. The van der Waals surface area contributed by atoms with Crippen molar-refractivity contribution in [3.63, 3.8) is 0 Å². The van der Waals surface area contributed by atoms with Crippen LogP contribution in [0.1, 0.15) is 11.1 Å². The lowest BCUT2D eigenvalue weighted by atomic mass is 10.1. The molecule has 0 bridgehead atoms. The number of benzene rings is 2. The fraction of sp³-hybridized carbons (Fsp3) is 0.0909. The minimum Gasteiger partial charge on any atom is -0.308 e. The van der Waals surface area contributed by atoms with Crippen molar-refractivity contribution in [2.45, 2.75) is 13.8 Å². The van der Waals surface area contributed by atoms with Gasteiger partial charge in [-0.2, -0.15) is 0 Å². The number of halogens is 1. The number of amides is 2. The molecule has 0 fully saturated rings. The summed E-state index contributed by atoms with van der Waals surface area (Å²) >= 11 is 0. The van der Waals surface area contributed by atoms with Crippen molar-refractivity contribution >= 4 is 23.2 Å². The summed E-state index contributed by atoms with van der Waals surface area (Å²) in [5.41, 5.74) is 4.82. The number of anilines is 2. The molecule has 0 saturated heterocycles. The van der Waals surface area contributed by atoms with Crippen molar-refractivity contribution in [1.29, 1.82) is 0 Å². The first-order valence-electron chi connectivity index (χ1n) is 8.89. The van der Waals surface area contributed by atoms with Crippen LogP contribution in [0.15, 0.2) is 66.9 Å². The van der Waals surface area contributed by atoms with Crippen molar-refractivity contribution < 1.29 is 9.18 Å². The van der Waals surface area contributed by atoms with Crippen LogP contribution in [0, 0.1) is 19.7 Å². The number of hydrogen-bond donors (Lipinski definition) is 2. The molecule has 0 unspecified atom stereocenters. The van der Waals surface area contributed by atoms with Crippen molar-refractivity contribution in [2.75, 3.05) is 10.6 Å². The van der Waals surface area contributed by atoms with Crippen LogP contribution in [0.2, 0.25) is 0 Å². The van der Waals surface area contributed by atoms with Gasteiger partial charge in [0.25, 0.3) is 0 Å². The molecule has 6 heteroatoms. The quantitative estimate of drug-likeness (QED) is 0.504. The Hall–Kier alpha value is -3.67. The van der Waals surface area contributed by atoms with Gasteiger partial charge in [0.2, 0.25) is 0 Å². The molecule has 0 aliphatic rings. The molecule has 2 amide bonds. The second-order valence-electron chi connectivity index (χ2n) is 6.70. The molecule has 2 N–H and O–H groups in total. The van der Waals surface area contributed by atoms with Crippen LogP contribution in [-0.2, 0) is 0 Å². The molecule has 4 aromatic rings. The average Bonchev–Trinajstić information content (AvgIpc) is 3.00. The van der Waals surface area contributed by atoms with Crippen LogP contribution >= 0.6 is 0 Å². The lowest BCUT2D eigenvalue weighted by molar-refractivity contribution is 0.262. The fourth-order valence-electron chi connectivity index (χ4n) is 3.24. The van der Waals surface area contributed by atoms with Crippen LogP contribution in [-0.4, -0.2) is 15.4 Å². The number of aromatic nitrogens is 2. The topological polar surface area (TPSA) is 58.4 Å².